The molecular weight excluding hydrogens is 314 g/mol. The molecule has 7 heteroatoms. The molecule has 1 N–H and O–H groups in total. The smallest absolute Gasteiger partial charge is 0.269 e. The first-order valence-corrected chi connectivity index (χ1v) is 8.13. The molecule has 122 valence electrons. The number of thiazole rings is 1. The maximum atomic E-state index is 11.8. The number of nitrogens with one attached hydrogen (secondary N) is 1. The van der Waals surface area contributed by atoms with Gasteiger partial charge in [-0.1, -0.05) is 20.8 Å². The number of amides is 1. The predicted octanol–water partition coefficient (Wildman–Crippen LogP) is 3.42. The van der Waals surface area contributed by atoms with E-state index in [9.17, 15) is 14.9 Å². The average molecular weight is 333 g/mol. The third-order valence-corrected chi connectivity index (χ3v) is 4.14. The van der Waals surface area contributed by atoms with E-state index in [1.165, 1.54) is 23.5 Å². The number of hydrogen-bond donors (Lipinski definition) is 1. The summed E-state index contributed by atoms with van der Waals surface area (Å²) < 4.78 is 0. The van der Waals surface area contributed by atoms with Crippen LogP contribution in [0.15, 0.2) is 29.6 Å². The minimum absolute atomic E-state index is 0.0182. The Labute approximate surface area is 138 Å². The van der Waals surface area contributed by atoms with Gasteiger partial charge in [0.1, 0.15) is 0 Å². The fourth-order valence-corrected chi connectivity index (χ4v) is 2.67. The molecule has 0 radical (unpaired) electrons. The molecule has 1 aromatic carbocycles. The second-order valence-corrected chi connectivity index (χ2v) is 7.13. The van der Waals surface area contributed by atoms with Crippen LogP contribution in [0.4, 0.5) is 5.69 Å². The Morgan fingerprint density at radius 1 is 1.30 bits per heavy atom. The monoisotopic (exact) mass is 333 g/mol. The highest BCUT2D eigenvalue weighted by Crippen LogP contribution is 2.24. The Morgan fingerprint density at radius 2 is 1.96 bits per heavy atom. The van der Waals surface area contributed by atoms with Crippen LogP contribution in [-0.2, 0) is 11.2 Å². The van der Waals surface area contributed by atoms with Gasteiger partial charge in [-0.2, -0.15) is 0 Å². The first-order chi connectivity index (χ1) is 10.8. The lowest BCUT2D eigenvalue weighted by molar-refractivity contribution is -0.384. The molecule has 0 aliphatic carbocycles. The molecule has 0 spiro atoms. The maximum Gasteiger partial charge on any atom is 0.269 e. The molecule has 1 aromatic heterocycles. The molecule has 0 aliphatic rings. The van der Waals surface area contributed by atoms with E-state index >= 15 is 0 Å². The van der Waals surface area contributed by atoms with Crippen molar-refractivity contribution in [1.82, 2.24) is 10.3 Å². The van der Waals surface area contributed by atoms with Crippen LogP contribution < -0.4 is 5.32 Å². The van der Waals surface area contributed by atoms with Crippen LogP contribution in [0, 0.1) is 15.5 Å². The lowest BCUT2D eigenvalue weighted by Gasteiger charge is -2.17. The Hall–Kier alpha value is -2.28. The van der Waals surface area contributed by atoms with Crippen molar-refractivity contribution in [1.29, 1.82) is 0 Å². The molecule has 23 heavy (non-hydrogen) atoms. The summed E-state index contributed by atoms with van der Waals surface area (Å²) in [5.74, 6) is 0.0182. The number of nitro benzene ring substituents is 1. The number of hydrogen-bond acceptors (Lipinski definition) is 5. The van der Waals surface area contributed by atoms with E-state index in [-0.39, 0.29) is 11.6 Å². The number of nitro groups is 1. The highest BCUT2D eigenvalue weighted by atomic mass is 32.1. The van der Waals surface area contributed by atoms with E-state index in [0.717, 1.165) is 16.3 Å². The van der Waals surface area contributed by atoms with Crippen molar-refractivity contribution in [2.75, 3.05) is 6.54 Å². The Kier molecular flexibility index (Phi) is 5.10. The van der Waals surface area contributed by atoms with Crippen molar-refractivity contribution >= 4 is 22.9 Å². The number of non-ortho nitro benzene ring substituents is 1. The van der Waals surface area contributed by atoms with Gasteiger partial charge in [0, 0.05) is 41.5 Å². The van der Waals surface area contributed by atoms with Crippen LogP contribution in [0.5, 0.6) is 0 Å². The third-order valence-electron chi connectivity index (χ3n) is 3.23. The summed E-state index contributed by atoms with van der Waals surface area (Å²) in [6.07, 6.45) is 0.666. The van der Waals surface area contributed by atoms with Crippen molar-refractivity contribution in [3.05, 3.63) is 44.8 Å². The SMILES string of the molecule is CC(C)(C)C(=O)NCCc1nc(-c2ccc([N+](=O)[O-])cc2)cs1. The van der Waals surface area contributed by atoms with E-state index in [1.807, 2.05) is 26.2 Å². The largest absolute Gasteiger partial charge is 0.355 e. The minimum Gasteiger partial charge on any atom is -0.355 e. The van der Waals surface area contributed by atoms with E-state index < -0.39 is 10.3 Å². The fourth-order valence-electron chi connectivity index (χ4n) is 1.86. The van der Waals surface area contributed by atoms with E-state index in [4.69, 9.17) is 0 Å². The summed E-state index contributed by atoms with van der Waals surface area (Å²) in [5.41, 5.74) is 1.31. The summed E-state index contributed by atoms with van der Waals surface area (Å²) >= 11 is 1.52. The van der Waals surface area contributed by atoms with Gasteiger partial charge < -0.3 is 5.32 Å². The standard InChI is InChI=1S/C16H19N3O3S/c1-16(2,3)15(20)17-9-8-14-18-13(10-23-14)11-4-6-12(7-5-11)19(21)22/h4-7,10H,8-9H2,1-3H3,(H,17,20). The van der Waals surface area contributed by atoms with Crippen molar-refractivity contribution < 1.29 is 9.72 Å². The van der Waals surface area contributed by atoms with Crippen LogP contribution in [0.1, 0.15) is 25.8 Å². The molecule has 0 unspecified atom stereocenters. The zero-order valence-corrected chi connectivity index (χ0v) is 14.1. The van der Waals surface area contributed by atoms with Crippen LogP contribution in [0.2, 0.25) is 0 Å². The summed E-state index contributed by atoms with van der Waals surface area (Å²) in [6.45, 7) is 6.17. The number of nitrogens with zero attached hydrogens (tertiary/aromatic N) is 2. The molecule has 0 atom stereocenters. The summed E-state index contributed by atoms with van der Waals surface area (Å²) in [4.78, 5) is 26.5. The minimum atomic E-state index is -0.422. The number of aromatic nitrogens is 1. The number of rotatable bonds is 5. The number of carbonyl (C=O) groups is 1. The first kappa shape index (κ1) is 17.1. The van der Waals surface area contributed by atoms with Crippen molar-refractivity contribution in [3.63, 3.8) is 0 Å². The van der Waals surface area contributed by atoms with Crippen LogP contribution >= 0.6 is 11.3 Å². The maximum absolute atomic E-state index is 11.8. The van der Waals surface area contributed by atoms with Gasteiger partial charge in [-0.3, -0.25) is 14.9 Å². The zero-order valence-electron chi connectivity index (χ0n) is 13.3. The topological polar surface area (TPSA) is 85.1 Å². The van der Waals surface area contributed by atoms with Gasteiger partial charge in [-0.05, 0) is 12.1 Å². The van der Waals surface area contributed by atoms with Crippen molar-refractivity contribution in [2.24, 2.45) is 5.41 Å². The van der Waals surface area contributed by atoms with Gasteiger partial charge in [0.2, 0.25) is 5.91 Å². The molecule has 2 aromatic rings. The van der Waals surface area contributed by atoms with Gasteiger partial charge in [0.25, 0.3) is 5.69 Å². The number of carbonyl (C=O) groups excluding carboxylic acids is 1. The average Bonchev–Trinajstić information content (AvgIpc) is 2.95. The Balaban J connectivity index is 1.95. The summed E-state index contributed by atoms with van der Waals surface area (Å²) in [7, 11) is 0. The molecular formula is C16H19N3O3S. The van der Waals surface area contributed by atoms with Crippen molar-refractivity contribution in [2.45, 2.75) is 27.2 Å². The highest BCUT2D eigenvalue weighted by Gasteiger charge is 2.20. The first-order valence-electron chi connectivity index (χ1n) is 7.25. The summed E-state index contributed by atoms with van der Waals surface area (Å²) in [5, 5.41) is 16.4. The molecule has 1 amide bonds. The van der Waals surface area contributed by atoms with Crippen LogP contribution in [-0.4, -0.2) is 22.4 Å². The summed E-state index contributed by atoms with van der Waals surface area (Å²) in [6, 6.07) is 6.33. The number of benzene rings is 1. The Morgan fingerprint density at radius 3 is 2.52 bits per heavy atom. The molecule has 2 rings (SSSR count). The van der Waals surface area contributed by atoms with Crippen LogP contribution in [0.3, 0.4) is 0 Å². The van der Waals surface area contributed by atoms with E-state index in [0.29, 0.717) is 13.0 Å². The van der Waals surface area contributed by atoms with Gasteiger partial charge in [-0.25, -0.2) is 4.98 Å². The molecule has 0 aliphatic heterocycles. The predicted molar refractivity (Wildman–Crippen MR) is 90.4 cm³/mol. The van der Waals surface area contributed by atoms with Crippen molar-refractivity contribution in [3.8, 4) is 11.3 Å². The Bertz CT molecular complexity index is 702. The normalized spacial score (nSPS) is 11.3. The van der Waals surface area contributed by atoms with E-state index in [1.54, 1.807) is 12.1 Å². The molecule has 1 heterocycles. The molecule has 0 saturated heterocycles. The lowest BCUT2D eigenvalue weighted by Crippen LogP contribution is -2.35. The van der Waals surface area contributed by atoms with Gasteiger partial charge in [0.15, 0.2) is 0 Å². The lowest BCUT2D eigenvalue weighted by atomic mass is 9.96. The van der Waals surface area contributed by atoms with Gasteiger partial charge >= 0.3 is 0 Å². The quantitative estimate of drug-likeness (QED) is 0.671. The molecule has 6 nitrogen and oxygen atoms in total. The van der Waals surface area contributed by atoms with Crippen LogP contribution in [0.25, 0.3) is 11.3 Å². The third kappa shape index (κ3) is 4.59. The van der Waals surface area contributed by atoms with Gasteiger partial charge in [-0.15, -0.1) is 11.3 Å². The molecule has 0 saturated carbocycles. The molecule has 0 fully saturated rings. The second kappa shape index (κ2) is 6.87. The second-order valence-electron chi connectivity index (χ2n) is 6.19. The van der Waals surface area contributed by atoms with Gasteiger partial charge in [0.05, 0.1) is 15.6 Å². The fraction of sp³-hybridized carbons (Fsp3) is 0.375. The zero-order chi connectivity index (χ0) is 17.0. The highest BCUT2D eigenvalue weighted by molar-refractivity contribution is 7.09. The molecule has 0 bridgehead atoms. The van der Waals surface area contributed by atoms with E-state index in [2.05, 4.69) is 10.3 Å².